The number of rotatable bonds is 14. The Balaban J connectivity index is 0.859. The Kier molecular flexibility index (Phi) is 16.3. The number of ether oxygens (including phenoxy) is 1. The van der Waals surface area contributed by atoms with Crippen molar-refractivity contribution in [2.75, 3.05) is 0 Å². The maximum absolute atomic E-state index is 7.14. The molecule has 0 fully saturated rings. The Labute approximate surface area is 587 Å². The zero-order chi connectivity index (χ0) is 68.3. The maximum Gasteiger partial charge on any atom is 0.269 e. The summed E-state index contributed by atoms with van der Waals surface area (Å²) in [6, 6.07) is 108. The van der Waals surface area contributed by atoms with Crippen LogP contribution in [0.25, 0.3) is 117 Å². The van der Waals surface area contributed by atoms with Crippen LogP contribution in [0.1, 0.15) is 59.7 Å². The van der Waals surface area contributed by atoms with Crippen molar-refractivity contribution in [1.82, 2.24) is 14.1 Å². The first-order chi connectivity index (χ1) is 48.6. The molecule has 0 amide bonds. The van der Waals surface area contributed by atoms with Gasteiger partial charge in [-0.1, -0.05) is 277 Å². The molecular weight excluding hydrogens is 1210 g/mol. The minimum Gasteiger partial charge on any atom is -0.458 e. The third-order valence-electron chi connectivity index (χ3n) is 20.0. The molecule has 13 aromatic carbocycles. The number of imidazole rings is 1. The average molecular weight is 1290 g/mol. The standard InChI is InChI=1S/C94H77BN4O/c1-61-46-63(3)91(64(4)47-61)95(92-65(5)48-62(2)49-66(92)6)78-40-43-86-85(57-78)84-42-41-81(59-89(84)99(86)90-56-77(44-45-96-90)94(7,8)9)100-80-35-24-34-79(58-80)97-60-98(88-39-23-22-38-87(88)97)93-82(75-52-71(67-26-14-10-15-27-67)50-72(53-75)68-28-16-11-17-29-68)36-25-37-83(93)76-54-73(69-30-18-12-19-31-69)51-74(55-76)70-32-20-13-21-33-70/h10-59H,1-9H3. The third kappa shape index (κ3) is 11.9. The zero-order valence-corrected chi connectivity index (χ0v) is 58.1. The van der Waals surface area contributed by atoms with E-state index in [1.165, 1.54) is 55.3 Å². The molecule has 100 heavy (non-hydrogen) atoms. The monoisotopic (exact) mass is 1290 g/mol. The second kappa shape index (κ2) is 25.9. The van der Waals surface area contributed by atoms with Gasteiger partial charge in [-0.05, 0) is 204 Å². The van der Waals surface area contributed by atoms with Crippen molar-refractivity contribution in [3.8, 4) is 95.5 Å². The number of fused-ring (bicyclic) bond motifs is 4. The highest BCUT2D eigenvalue weighted by Gasteiger charge is 2.31. The Morgan fingerprint density at radius 3 is 1.38 bits per heavy atom. The van der Waals surface area contributed by atoms with Crippen molar-refractivity contribution in [2.45, 2.75) is 67.7 Å². The van der Waals surface area contributed by atoms with Gasteiger partial charge in [0.1, 0.15) is 17.3 Å². The molecule has 0 radical (unpaired) electrons. The van der Waals surface area contributed by atoms with E-state index in [1.807, 2.05) is 6.20 Å². The van der Waals surface area contributed by atoms with Crippen LogP contribution in [0.4, 0.5) is 0 Å². The summed E-state index contributed by atoms with van der Waals surface area (Å²) in [5.41, 5.74) is 32.3. The molecule has 0 spiro atoms. The van der Waals surface area contributed by atoms with E-state index < -0.39 is 0 Å². The fourth-order valence-corrected chi connectivity index (χ4v) is 15.5. The quantitative estimate of drug-likeness (QED) is 0.0618. The van der Waals surface area contributed by atoms with Crippen molar-refractivity contribution < 1.29 is 9.30 Å². The van der Waals surface area contributed by atoms with Crippen molar-refractivity contribution in [3.05, 3.63) is 349 Å². The van der Waals surface area contributed by atoms with Crippen molar-refractivity contribution >= 4 is 55.9 Å². The first kappa shape index (κ1) is 62.9. The Morgan fingerprint density at radius 2 is 0.860 bits per heavy atom. The van der Waals surface area contributed by atoms with Gasteiger partial charge in [-0.3, -0.25) is 13.7 Å². The zero-order valence-electron chi connectivity index (χ0n) is 58.1. The first-order valence-electron chi connectivity index (χ1n) is 34.8. The van der Waals surface area contributed by atoms with Gasteiger partial charge in [0.15, 0.2) is 0 Å². The van der Waals surface area contributed by atoms with Crippen LogP contribution < -0.4 is 25.7 Å². The second-order valence-corrected chi connectivity index (χ2v) is 28.1. The summed E-state index contributed by atoms with van der Waals surface area (Å²) in [7, 11) is 0. The molecule has 0 bridgehead atoms. The Hall–Kier alpha value is -11.9. The van der Waals surface area contributed by atoms with Crippen molar-refractivity contribution in [1.29, 1.82) is 0 Å². The number of pyridine rings is 1. The minimum absolute atomic E-state index is 0.0115. The minimum atomic E-state index is -0.0980. The van der Waals surface area contributed by atoms with E-state index in [0.717, 1.165) is 117 Å². The van der Waals surface area contributed by atoms with Crippen molar-refractivity contribution in [3.63, 3.8) is 0 Å². The summed E-state index contributed by atoms with van der Waals surface area (Å²) < 4.78 is 14.0. The molecule has 0 aliphatic rings. The van der Waals surface area contributed by atoms with Crippen LogP contribution in [-0.4, -0.2) is 20.8 Å². The van der Waals surface area contributed by atoms with Gasteiger partial charge in [0, 0.05) is 23.0 Å². The summed E-state index contributed by atoms with van der Waals surface area (Å²) in [6.07, 6.45) is 5.97. The molecule has 16 aromatic rings. The smallest absolute Gasteiger partial charge is 0.269 e. The Morgan fingerprint density at radius 1 is 0.380 bits per heavy atom. The molecule has 16 rings (SSSR count). The van der Waals surface area contributed by atoms with E-state index in [9.17, 15) is 0 Å². The Bertz CT molecular complexity index is 5440. The van der Waals surface area contributed by atoms with Crippen LogP contribution in [0.5, 0.6) is 11.5 Å². The molecule has 0 unspecified atom stereocenters. The highest BCUT2D eigenvalue weighted by molar-refractivity contribution is 6.96. The number of aromatic nitrogens is 4. The number of aryl methyl sites for hydroxylation is 6. The molecule has 3 heterocycles. The normalized spacial score (nSPS) is 11.7. The number of hydrogen-bond acceptors (Lipinski definition) is 2. The van der Waals surface area contributed by atoms with Crippen LogP contribution in [-0.2, 0) is 5.41 Å². The summed E-state index contributed by atoms with van der Waals surface area (Å²) in [4.78, 5) is 5.14. The maximum atomic E-state index is 7.14. The van der Waals surface area contributed by atoms with E-state index in [4.69, 9.17) is 9.72 Å². The lowest BCUT2D eigenvalue weighted by Crippen LogP contribution is -2.55. The molecule has 0 aliphatic heterocycles. The molecule has 0 saturated heterocycles. The van der Waals surface area contributed by atoms with Crippen LogP contribution in [0, 0.1) is 47.9 Å². The highest BCUT2D eigenvalue weighted by Crippen LogP contribution is 2.42. The average Bonchev–Trinajstić information content (AvgIpc) is 1.60. The van der Waals surface area contributed by atoms with Gasteiger partial charge in [-0.25, -0.2) is 4.98 Å². The predicted octanol–water partition coefficient (Wildman–Crippen LogP) is 21.7. The second-order valence-electron chi connectivity index (χ2n) is 28.1. The predicted molar refractivity (Wildman–Crippen MR) is 420 cm³/mol. The molecule has 0 saturated carbocycles. The van der Waals surface area contributed by atoms with E-state index in [-0.39, 0.29) is 12.1 Å². The molecule has 0 aliphatic carbocycles. The summed E-state index contributed by atoms with van der Waals surface area (Å²) in [5.74, 6) is 2.27. The molecular formula is C94H77BN4O. The summed E-state index contributed by atoms with van der Waals surface area (Å²) in [6.45, 7) is 20.3. The lowest BCUT2D eigenvalue weighted by atomic mass is 9.34. The fourth-order valence-electron chi connectivity index (χ4n) is 15.5. The number of para-hydroxylation sites is 3. The molecule has 3 aromatic heterocycles. The van der Waals surface area contributed by atoms with Gasteiger partial charge >= 0.3 is 0 Å². The summed E-state index contributed by atoms with van der Waals surface area (Å²) in [5, 5.41) is 2.28. The third-order valence-corrected chi connectivity index (χ3v) is 20.0. The van der Waals surface area contributed by atoms with E-state index in [1.54, 1.807) is 0 Å². The molecule has 5 nitrogen and oxygen atoms in total. The van der Waals surface area contributed by atoms with Gasteiger partial charge < -0.3 is 4.74 Å². The van der Waals surface area contributed by atoms with Gasteiger partial charge in [0.25, 0.3) is 6.33 Å². The number of benzene rings is 13. The van der Waals surface area contributed by atoms with E-state index >= 15 is 0 Å². The lowest BCUT2D eigenvalue weighted by molar-refractivity contribution is -0.571. The van der Waals surface area contributed by atoms with Gasteiger partial charge in [-0.2, -0.15) is 0 Å². The first-order valence-corrected chi connectivity index (χ1v) is 34.8. The van der Waals surface area contributed by atoms with E-state index in [2.05, 4.69) is 380 Å². The van der Waals surface area contributed by atoms with Crippen LogP contribution in [0.2, 0.25) is 0 Å². The van der Waals surface area contributed by atoms with Crippen LogP contribution in [0.15, 0.2) is 303 Å². The van der Waals surface area contributed by atoms with Gasteiger partial charge in [0.05, 0.1) is 33.4 Å². The van der Waals surface area contributed by atoms with Gasteiger partial charge in [-0.15, -0.1) is 0 Å². The van der Waals surface area contributed by atoms with Crippen molar-refractivity contribution in [2.24, 2.45) is 0 Å². The van der Waals surface area contributed by atoms with Crippen LogP contribution >= 0.6 is 0 Å². The molecule has 6 heteroatoms. The lowest BCUT2D eigenvalue weighted by Gasteiger charge is -2.25. The topological polar surface area (TPSA) is 35.9 Å². The largest absolute Gasteiger partial charge is 0.458 e. The number of hydrogen-bond donors (Lipinski definition) is 0. The summed E-state index contributed by atoms with van der Waals surface area (Å²) >= 11 is 0. The van der Waals surface area contributed by atoms with Gasteiger partial charge in [0.2, 0.25) is 6.71 Å². The molecule has 482 valence electrons. The molecule has 0 atom stereocenters. The van der Waals surface area contributed by atoms with E-state index in [0.29, 0.717) is 11.5 Å². The highest BCUT2D eigenvalue weighted by atomic mass is 16.5. The molecule has 0 N–H and O–H groups in total. The fraction of sp³-hybridized carbons (Fsp3) is 0.106. The number of nitrogens with zero attached hydrogens (tertiary/aromatic N) is 4. The van der Waals surface area contributed by atoms with Crippen LogP contribution in [0.3, 0.4) is 0 Å². The SMILES string of the molecule is Cc1cc(C)c(B(c2ccc3c(c2)c2ccc(Oc4cccc(-n5[c-][n+](-c6c(-c7cc(-c8ccccc8)cc(-c8ccccc8)c7)cccc6-c6cc(-c7ccccc7)cc(-c7ccccc7)c6)c6ccccc65)c4)cc2n3-c2cc(C(C)(C)C)ccn2)c2c(C)cc(C)cc2C)c(C)c1.